The Morgan fingerprint density at radius 1 is 0.657 bits per heavy atom. The molecular formula is C71H99Br2F2N8O15Sn. The molecular weight excluding hydrogens is 1520 g/mol. The first-order chi connectivity index (χ1) is 46.1. The molecule has 99 heavy (non-hydrogen) atoms. The van der Waals surface area contributed by atoms with E-state index in [0.29, 0.717) is 81.0 Å². The number of carbonyl (C=O) groups is 8. The number of halogens is 4. The number of carboxylic acids is 1. The molecule has 545 valence electrons. The zero-order chi connectivity index (χ0) is 72.6. The fraction of sp³-hybridized carbons (Fsp3) is 0.606. The molecule has 0 unspecified atom stereocenters. The molecule has 4 fully saturated rings. The van der Waals surface area contributed by atoms with Crippen LogP contribution in [-0.2, 0) is 52.6 Å². The summed E-state index contributed by atoms with van der Waals surface area (Å²) in [4.78, 5) is 127. The first-order valence-electron chi connectivity index (χ1n) is 33.6. The second-order valence-corrected chi connectivity index (χ2v) is 38.7. The third-order valence-electron chi connectivity index (χ3n) is 17.3. The molecule has 2 saturated heterocycles. The van der Waals surface area contributed by atoms with Crippen LogP contribution >= 0.6 is 31.9 Å². The number of hydrogen-bond acceptors (Lipinski definition) is 19. The van der Waals surface area contributed by atoms with Gasteiger partial charge in [0.2, 0.25) is 23.6 Å². The van der Waals surface area contributed by atoms with E-state index in [2.05, 4.69) is 82.2 Å². The number of aryl methyl sites for hydroxylation is 2. The molecule has 2 aliphatic carbocycles. The monoisotopic (exact) mass is 1620 g/mol. The van der Waals surface area contributed by atoms with Crippen molar-refractivity contribution in [2.75, 3.05) is 19.7 Å². The van der Waals surface area contributed by atoms with Gasteiger partial charge in [0.25, 0.3) is 12.9 Å². The number of aliphatic carboxylic acids is 1. The summed E-state index contributed by atoms with van der Waals surface area (Å²) < 4.78 is 55.8. The van der Waals surface area contributed by atoms with Gasteiger partial charge in [0, 0.05) is 46.8 Å². The quantitative estimate of drug-likeness (QED) is 0.0461. The number of ether oxygens (including phenoxy) is 5. The van der Waals surface area contributed by atoms with Crippen molar-refractivity contribution in [3.8, 4) is 11.8 Å². The summed E-state index contributed by atoms with van der Waals surface area (Å²) in [6, 6.07) is 2.03. The van der Waals surface area contributed by atoms with Crippen molar-refractivity contribution >= 4 is 122 Å². The molecule has 4 aliphatic heterocycles. The number of allylic oxidation sites excluding steroid dienone is 4. The number of carboxylic acid groups (broad SMARTS) is 1. The SMILES string of the molecule is CC(C)(C)OC=O.CC(C)(C)OC=O.CCOC(=O)[C@]12CC(=O)[C@@H]3C[C@@H](Oc4nc5cc(F)cc(Br)c5nc4C)CN3C(=O)[C@@H](N)CCCCC/C=C\[C@@H]1C2.Cc1nc2c(Br)cc(F)cc2nc1O[C@@H]1C[C@H]2C(=O)C[C@]3(C(=O)O)C[C@H]3/C=C\CCCCC[C@H](N)C(=O)N2C1.O.[CH3][Sn]([CH3])[CH3]. The van der Waals surface area contributed by atoms with Crippen LogP contribution in [0, 0.1) is 48.1 Å². The minimum atomic E-state index is -1.14. The molecule has 2 saturated carbocycles. The number of benzene rings is 2. The van der Waals surface area contributed by atoms with Crippen molar-refractivity contribution in [1.29, 1.82) is 0 Å². The van der Waals surface area contributed by atoms with Crippen LogP contribution in [0.1, 0.15) is 163 Å². The third kappa shape index (κ3) is 23.7. The third-order valence-corrected chi connectivity index (χ3v) is 18.5. The van der Waals surface area contributed by atoms with Crippen LogP contribution in [0.15, 0.2) is 57.5 Å². The van der Waals surface area contributed by atoms with Gasteiger partial charge < -0.3 is 55.5 Å². The fourth-order valence-corrected chi connectivity index (χ4v) is 13.2. The summed E-state index contributed by atoms with van der Waals surface area (Å²) in [6.07, 6.45) is 16.2. The molecule has 10 rings (SSSR count). The van der Waals surface area contributed by atoms with Gasteiger partial charge in [-0.05, 0) is 170 Å². The van der Waals surface area contributed by atoms with E-state index < -0.39 is 84.6 Å². The van der Waals surface area contributed by atoms with Crippen LogP contribution < -0.4 is 20.9 Å². The second-order valence-electron chi connectivity index (χ2n) is 28.4. The number of rotatable bonds is 9. The van der Waals surface area contributed by atoms with E-state index in [1.807, 2.05) is 59.8 Å². The summed E-state index contributed by atoms with van der Waals surface area (Å²) in [6.45, 7) is 17.5. The molecule has 0 spiro atoms. The van der Waals surface area contributed by atoms with Crippen LogP contribution in [0.25, 0.3) is 22.1 Å². The number of amides is 2. The number of hydrogen-bond donors (Lipinski definition) is 3. The number of nitrogens with two attached hydrogens (primary N) is 2. The number of aromatic nitrogens is 4. The van der Waals surface area contributed by atoms with Crippen LogP contribution in [0.5, 0.6) is 11.8 Å². The molecule has 4 aromatic rings. The summed E-state index contributed by atoms with van der Waals surface area (Å²) in [5.74, 6) is -3.30. The first kappa shape index (κ1) is 83.5. The standard InChI is InChI=1S/C30H36BrFN4O5.C28H32BrFN4O5.2C5H10O2.3CH3.H2O.Sn/c1-3-40-29(39)30-14-18(30)9-7-5-4-6-8-10-22(33)28(38)36-16-20(13-24(36)25(37)15-30)41-27-17(2)34-26-21(31)11-19(32)12-23(26)35-27;1-15-25(33-21-10-17(30)9-19(29)24(21)32-15)39-18-11-22-23(35)13-28(27(37)38)12-16(28)7-5-3-2-4-6-8-20(31)26(36)34(22)14-18;2*1-5(2,3)7-4-6;;;;;/h7,9,11-12,18,20,22,24H,3-6,8,10,13-16,33H2,1-2H3;5,7,9-10,16,18,20,22H,2-4,6,8,11-14,31H2,1H3,(H,37,38);2*4H,1-3H3;3*1H3;1H2;/b9-7-;7-5-;;;;;;;/t18-,20-,22+,24+,30-;16-,18-,20+,22+,28-;;;;;;;/m11......./s1. The Bertz CT molecular complexity index is 3550. The zero-order valence-electron chi connectivity index (χ0n) is 58.9. The van der Waals surface area contributed by atoms with Gasteiger partial charge >= 0.3 is 46.5 Å². The summed E-state index contributed by atoms with van der Waals surface area (Å²) in [7, 11) is 0. The molecule has 7 N–H and O–H groups in total. The second kappa shape index (κ2) is 37.2. The van der Waals surface area contributed by atoms with Gasteiger partial charge in [-0.25, -0.2) is 28.7 Å². The Kier molecular flexibility index (Phi) is 31.3. The summed E-state index contributed by atoms with van der Waals surface area (Å²) in [5.41, 5.74) is 12.5. The summed E-state index contributed by atoms with van der Waals surface area (Å²) in [5, 5.41) is 9.99. The van der Waals surface area contributed by atoms with Crippen LogP contribution in [-0.4, -0.2) is 176 Å². The summed E-state index contributed by atoms with van der Waals surface area (Å²) >= 11 is 6.09. The van der Waals surface area contributed by atoms with Crippen molar-refractivity contribution in [1.82, 2.24) is 29.7 Å². The first-order valence-corrected chi connectivity index (χ1v) is 43.7. The van der Waals surface area contributed by atoms with Gasteiger partial charge in [-0.2, -0.15) is 0 Å². The topological polar surface area (TPSA) is 345 Å². The molecule has 28 heteroatoms. The maximum absolute atomic E-state index is 14.0. The van der Waals surface area contributed by atoms with E-state index in [1.165, 1.54) is 34.1 Å². The number of carbonyl (C=O) groups excluding carboxylic acids is 7. The number of fused-ring (bicyclic) bond motifs is 6. The Morgan fingerprint density at radius 3 is 1.40 bits per heavy atom. The molecule has 1 radical (unpaired) electrons. The van der Waals surface area contributed by atoms with Crippen molar-refractivity contribution < 1.29 is 81.4 Å². The Morgan fingerprint density at radius 2 is 1.04 bits per heavy atom. The normalized spacial score (nSPS) is 26.3. The van der Waals surface area contributed by atoms with E-state index in [-0.39, 0.29) is 115 Å². The molecule has 2 aromatic heterocycles. The van der Waals surface area contributed by atoms with Crippen molar-refractivity contribution in [3.05, 3.63) is 80.5 Å². The number of ketones is 2. The molecule has 2 aromatic carbocycles. The average Bonchev–Trinajstić information content (AvgIpc) is 1.60. The molecule has 0 bridgehead atoms. The van der Waals surface area contributed by atoms with E-state index in [9.17, 15) is 52.2 Å². The molecule has 6 heterocycles. The number of Topliss-reactive ketones (excluding diaryl/α,β-unsaturated/α-hetero) is 2. The van der Waals surface area contributed by atoms with Crippen molar-refractivity contribution in [3.63, 3.8) is 0 Å². The Labute approximate surface area is 602 Å². The van der Waals surface area contributed by atoms with Crippen LogP contribution in [0.4, 0.5) is 8.78 Å². The molecule has 23 nitrogen and oxygen atoms in total. The van der Waals surface area contributed by atoms with Crippen molar-refractivity contribution in [2.24, 2.45) is 34.1 Å². The van der Waals surface area contributed by atoms with E-state index in [4.69, 9.17) is 25.7 Å². The van der Waals surface area contributed by atoms with Gasteiger partial charge in [-0.1, -0.05) is 50.0 Å². The van der Waals surface area contributed by atoms with E-state index in [0.717, 1.165) is 51.4 Å². The predicted molar refractivity (Wildman–Crippen MR) is 379 cm³/mol. The maximum atomic E-state index is 14.0. The van der Waals surface area contributed by atoms with Gasteiger partial charge in [0.1, 0.15) is 57.5 Å². The van der Waals surface area contributed by atoms with Crippen LogP contribution in [0.2, 0.25) is 14.8 Å². The minimum absolute atomic E-state index is 0. The van der Waals surface area contributed by atoms with Gasteiger partial charge in [-0.15, -0.1) is 0 Å². The zero-order valence-corrected chi connectivity index (χ0v) is 65.0. The predicted octanol–water partition coefficient (Wildman–Crippen LogP) is 11.1. The average molecular weight is 1620 g/mol. The van der Waals surface area contributed by atoms with Crippen molar-refractivity contribution in [2.45, 2.75) is 227 Å². The Balaban J connectivity index is 0.000000284. The van der Waals surface area contributed by atoms with E-state index in [1.54, 1.807) is 20.8 Å². The Hall–Kier alpha value is -6.14. The van der Waals surface area contributed by atoms with Gasteiger partial charge in [0.05, 0.1) is 65.7 Å². The number of esters is 1. The molecule has 6 aliphatic rings. The van der Waals surface area contributed by atoms with Gasteiger partial charge in [-0.3, -0.25) is 38.4 Å². The van der Waals surface area contributed by atoms with E-state index >= 15 is 0 Å². The van der Waals surface area contributed by atoms with Crippen LogP contribution in [0.3, 0.4) is 0 Å². The number of nitrogens with zero attached hydrogens (tertiary/aromatic N) is 6. The van der Waals surface area contributed by atoms with Gasteiger partial charge in [0.15, 0.2) is 11.6 Å². The molecule has 10 atom stereocenters. The fourth-order valence-electron chi connectivity index (χ4n) is 12.1. The molecule has 2 amide bonds.